The molecule has 0 heterocycles. The van der Waals surface area contributed by atoms with Crippen LogP contribution in [0.15, 0.2) is 109 Å². The summed E-state index contributed by atoms with van der Waals surface area (Å²) in [5, 5.41) is 0. The van der Waals surface area contributed by atoms with Crippen LogP contribution in [0, 0.1) is 0 Å². The fraction of sp³-hybridized carbons (Fsp3) is 0.0714. The Morgan fingerprint density at radius 1 is 0.433 bits per heavy atom. The van der Waals surface area contributed by atoms with Crippen LogP contribution in [0.4, 0.5) is 0 Å². The molecular formula is C28H24O2. The molecule has 4 aromatic carbocycles. The van der Waals surface area contributed by atoms with E-state index in [1.54, 1.807) is 14.2 Å². The minimum Gasteiger partial charge on any atom is -0.497 e. The molecule has 0 amide bonds. The molecule has 0 saturated heterocycles. The van der Waals surface area contributed by atoms with Crippen LogP contribution in [0.3, 0.4) is 0 Å². The van der Waals surface area contributed by atoms with Crippen molar-refractivity contribution >= 4 is 11.1 Å². The Morgan fingerprint density at radius 3 is 1.10 bits per heavy atom. The van der Waals surface area contributed by atoms with Crippen LogP contribution in [-0.2, 0) is 0 Å². The molecule has 2 heteroatoms. The van der Waals surface area contributed by atoms with Crippen LogP contribution in [0.5, 0.6) is 11.5 Å². The van der Waals surface area contributed by atoms with Crippen molar-refractivity contribution in [1.29, 1.82) is 0 Å². The van der Waals surface area contributed by atoms with E-state index >= 15 is 0 Å². The number of ether oxygens (including phenoxy) is 2. The molecule has 2 nitrogen and oxygen atoms in total. The normalized spacial score (nSPS) is 10.3. The minimum atomic E-state index is 0.762. The van der Waals surface area contributed by atoms with Crippen molar-refractivity contribution in [3.63, 3.8) is 0 Å². The van der Waals surface area contributed by atoms with Gasteiger partial charge in [-0.05, 0) is 45.5 Å². The highest BCUT2D eigenvalue weighted by atomic mass is 16.5. The third-order valence-electron chi connectivity index (χ3n) is 5.08. The fourth-order valence-electron chi connectivity index (χ4n) is 3.68. The maximum Gasteiger partial charge on any atom is 0.123 e. The predicted molar refractivity (Wildman–Crippen MR) is 124 cm³/mol. The Balaban J connectivity index is 2.11. The van der Waals surface area contributed by atoms with Gasteiger partial charge >= 0.3 is 0 Å². The molecule has 0 bridgehead atoms. The largest absolute Gasteiger partial charge is 0.497 e. The van der Waals surface area contributed by atoms with Gasteiger partial charge < -0.3 is 9.47 Å². The summed E-state index contributed by atoms with van der Waals surface area (Å²) in [7, 11) is 3.36. The van der Waals surface area contributed by atoms with E-state index in [2.05, 4.69) is 84.9 Å². The third kappa shape index (κ3) is 4.13. The summed E-state index contributed by atoms with van der Waals surface area (Å²) in [5.41, 5.74) is 6.78. The number of hydrogen-bond acceptors (Lipinski definition) is 2. The highest BCUT2D eigenvalue weighted by molar-refractivity contribution is 6.04. The zero-order chi connectivity index (χ0) is 20.8. The summed E-state index contributed by atoms with van der Waals surface area (Å²) < 4.78 is 11.1. The molecule has 148 valence electrons. The fourth-order valence-corrected chi connectivity index (χ4v) is 3.68. The molecule has 0 unspecified atom stereocenters. The second-order valence-electron chi connectivity index (χ2n) is 6.95. The van der Waals surface area contributed by atoms with Gasteiger partial charge in [0.1, 0.15) is 11.5 Å². The zero-order valence-corrected chi connectivity index (χ0v) is 17.2. The van der Waals surface area contributed by atoms with Gasteiger partial charge in [-0.2, -0.15) is 0 Å². The van der Waals surface area contributed by atoms with E-state index in [1.165, 1.54) is 0 Å². The van der Waals surface area contributed by atoms with Crippen molar-refractivity contribution in [2.45, 2.75) is 0 Å². The molecule has 0 aromatic heterocycles. The molecule has 0 atom stereocenters. The van der Waals surface area contributed by atoms with Crippen molar-refractivity contribution in [3.05, 3.63) is 131 Å². The van der Waals surface area contributed by atoms with Gasteiger partial charge in [-0.1, -0.05) is 91.0 Å². The number of hydrogen-bond donors (Lipinski definition) is 0. The van der Waals surface area contributed by atoms with Gasteiger partial charge in [0.25, 0.3) is 0 Å². The second kappa shape index (κ2) is 9.15. The maximum absolute atomic E-state index is 5.57. The summed E-state index contributed by atoms with van der Waals surface area (Å²) in [4.78, 5) is 0. The van der Waals surface area contributed by atoms with Crippen molar-refractivity contribution in [2.24, 2.45) is 0 Å². The van der Waals surface area contributed by atoms with Crippen molar-refractivity contribution in [3.8, 4) is 11.5 Å². The van der Waals surface area contributed by atoms with Gasteiger partial charge in [0.05, 0.1) is 14.2 Å². The third-order valence-corrected chi connectivity index (χ3v) is 5.08. The topological polar surface area (TPSA) is 18.5 Å². The SMILES string of the molecule is COc1cc(OC)cc(C(=C(c2ccccc2)c2ccccc2)c2ccccc2)c1. The van der Waals surface area contributed by atoms with Crippen LogP contribution < -0.4 is 9.47 Å². The van der Waals surface area contributed by atoms with E-state index in [0.717, 1.165) is 44.9 Å². The summed E-state index contributed by atoms with van der Waals surface area (Å²) >= 11 is 0. The smallest absolute Gasteiger partial charge is 0.123 e. The Hall–Kier alpha value is -3.78. The first-order chi connectivity index (χ1) is 14.8. The monoisotopic (exact) mass is 392 g/mol. The van der Waals surface area contributed by atoms with Crippen LogP contribution in [0.25, 0.3) is 11.1 Å². The molecule has 30 heavy (non-hydrogen) atoms. The lowest BCUT2D eigenvalue weighted by Crippen LogP contribution is -1.99. The summed E-state index contributed by atoms with van der Waals surface area (Å²) in [6.07, 6.45) is 0. The van der Waals surface area contributed by atoms with E-state index < -0.39 is 0 Å². The molecule has 4 rings (SSSR count). The Labute approximate surface area is 178 Å². The van der Waals surface area contributed by atoms with Gasteiger partial charge in [0.2, 0.25) is 0 Å². The molecule has 0 aliphatic carbocycles. The van der Waals surface area contributed by atoms with Gasteiger partial charge in [-0.15, -0.1) is 0 Å². The molecule has 0 saturated carbocycles. The van der Waals surface area contributed by atoms with Crippen molar-refractivity contribution in [1.82, 2.24) is 0 Å². The molecule has 0 spiro atoms. The molecule has 0 N–H and O–H groups in total. The predicted octanol–water partition coefficient (Wildman–Crippen LogP) is 6.71. The Bertz CT molecular complexity index is 1070. The van der Waals surface area contributed by atoms with Gasteiger partial charge in [0.15, 0.2) is 0 Å². The highest BCUT2D eigenvalue weighted by Gasteiger charge is 2.17. The van der Waals surface area contributed by atoms with Crippen LogP contribution in [-0.4, -0.2) is 14.2 Å². The maximum atomic E-state index is 5.57. The van der Waals surface area contributed by atoms with E-state index in [9.17, 15) is 0 Å². The number of benzene rings is 4. The van der Waals surface area contributed by atoms with Gasteiger partial charge in [-0.25, -0.2) is 0 Å². The Morgan fingerprint density at radius 2 is 0.767 bits per heavy atom. The summed E-state index contributed by atoms with van der Waals surface area (Å²) in [5.74, 6) is 1.52. The van der Waals surface area contributed by atoms with E-state index in [0.29, 0.717) is 0 Å². The Kier molecular flexibility index (Phi) is 5.95. The van der Waals surface area contributed by atoms with E-state index in [-0.39, 0.29) is 0 Å². The van der Waals surface area contributed by atoms with Crippen LogP contribution in [0.2, 0.25) is 0 Å². The standard InChI is InChI=1S/C28H24O2/c1-29-25-18-24(19-26(20-25)30-2)28(23-16-10-5-11-17-23)27(21-12-6-3-7-13-21)22-14-8-4-9-15-22/h3-20H,1-2H3. The average Bonchev–Trinajstić information content (AvgIpc) is 2.83. The molecule has 0 aliphatic rings. The van der Waals surface area contributed by atoms with Crippen molar-refractivity contribution in [2.75, 3.05) is 14.2 Å². The molecular weight excluding hydrogens is 368 g/mol. The van der Waals surface area contributed by atoms with Crippen LogP contribution >= 0.6 is 0 Å². The quantitative estimate of drug-likeness (QED) is 0.339. The van der Waals surface area contributed by atoms with Crippen LogP contribution in [0.1, 0.15) is 22.3 Å². The first-order valence-electron chi connectivity index (χ1n) is 9.94. The first kappa shape index (κ1) is 19.5. The molecule has 4 aromatic rings. The second-order valence-corrected chi connectivity index (χ2v) is 6.95. The summed E-state index contributed by atoms with van der Waals surface area (Å²) in [6, 6.07) is 37.5. The lowest BCUT2D eigenvalue weighted by atomic mass is 9.85. The molecule has 0 fully saturated rings. The highest BCUT2D eigenvalue weighted by Crippen LogP contribution is 2.39. The van der Waals surface area contributed by atoms with Gasteiger partial charge in [-0.3, -0.25) is 0 Å². The average molecular weight is 392 g/mol. The first-order valence-corrected chi connectivity index (χ1v) is 9.94. The number of methoxy groups -OCH3 is 2. The van der Waals surface area contributed by atoms with Gasteiger partial charge in [0, 0.05) is 6.07 Å². The molecule has 0 radical (unpaired) electrons. The lowest BCUT2D eigenvalue weighted by Gasteiger charge is -2.19. The lowest BCUT2D eigenvalue weighted by molar-refractivity contribution is 0.394. The van der Waals surface area contributed by atoms with E-state index in [4.69, 9.17) is 9.47 Å². The zero-order valence-electron chi connectivity index (χ0n) is 17.2. The van der Waals surface area contributed by atoms with E-state index in [1.807, 2.05) is 24.3 Å². The minimum absolute atomic E-state index is 0.762. The summed E-state index contributed by atoms with van der Waals surface area (Å²) in [6.45, 7) is 0. The molecule has 0 aliphatic heterocycles. The van der Waals surface area contributed by atoms with Crippen molar-refractivity contribution < 1.29 is 9.47 Å². The number of rotatable bonds is 6.